The minimum Gasteiger partial charge on any atom is -0.494 e. The molecule has 4 aromatic rings. The zero-order valence-corrected chi connectivity index (χ0v) is 14.9. The Labute approximate surface area is 154 Å². The number of nitrogens with one attached hydrogen (secondary N) is 1. The number of ether oxygens (including phenoxy) is 1. The van der Waals surface area contributed by atoms with E-state index < -0.39 is 0 Å². The molecule has 0 aliphatic rings. The van der Waals surface area contributed by atoms with E-state index in [1.165, 1.54) is 11.3 Å². The third-order valence-corrected chi connectivity index (χ3v) is 4.59. The minimum atomic E-state index is -0.311. The molecule has 0 spiro atoms. The molecule has 0 saturated carbocycles. The molecule has 0 aliphatic carbocycles. The molecule has 2 aromatic carbocycles. The van der Waals surface area contributed by atoms with E-state index in [0.29, 0.717) is 17.3 Å². The molecule has 0 fully saturated rings. The van der Waals surface area contributed by atoms with Gasteiger partial charge in [0.25, 0.3) is 5.91 Å². The maximum atomic E-state index is 12.4. The van der Waals surface area contributed by atoms with Gasteiger partial charge < -0.3 is 9.15 Å². The number of para-hydroxylation sites is 1. The second-order valence-corrected chi connectivity index (χ2v) is 6.46. The first-order valence-corrected chi connectivity index (χ1v) is 9.09. The molecule has 0 atom stereocenters. The number of fused-ring (bicyclic) bond motifs is 1. The summed E-state index contributed by atoms with van der Waals surface area (Å²) in [6.07, 6.45) is 0. The number of aromatic nitrogens is 1. The molecule has 4 rings (SSSR count). The Morgan fingerprint density at radius 1 is 1.19 bits per heavy atom. The molecule has 0 aliphatic heterocycles. The molecule has 2 heterocycles. The summed E-state index contributed by atoms with van der Waals surface area (Å²) in [4.78, 5) is 16.9. The Morgan fingerprint density at radius 2 is 2.00 bits per heavy atom. The molecule has 0 radical (unpaired) electrons. The SMILES string of the molecule is CCOc1ccc(-c2csc(NC(=O)c3cc4ccccc4o3)n2)cc1. The van der Waals surface area contributed by atoms with E-state index in [1.54, 1.807) is 6.07 Å². The van der Waals surface area contributed by atoms with Crippen molar-refractivity contribution in [2.45, 2.75) is 6.92 Å². The van der Waals surface area contributed by atoms with E-state index in [0.717, 1.165) is 22.4 Å². The van der Waals surface area contributed by atoms with E-state index in [-0.39, 0.29) is 11.7 Å². The highest BCUT2D eigenvalue weighted by molar-refractivity contribution is 7.14. The number of nitrogens with zero attached hydrogens (tertiary/aromatic N) is 1. The number of thiazole rings is 1. The average Bonchev–Trinajstić information content (AvgIpc) is 3.29. The predicted octanol–water partition coefficient (Wildman–Crippen LogP) is 5.21. The summed E-state index contributed by atoms with van der Waals surface area (Å²) in [5.74, 6) is 0.780. The summed E-state index contributed by atoms with van der Waals surface area (Å²) in [5, 5.41) is 6.12. The van der Waals surface area contributed by atoms with Crippen molar-refractivity contribution in [3.05, 3.63) is 65.7 Å². The summed E-state index contributed by atoms with van der Waals surface area (Å²) in [7, 11) is 0. The fourth-order valence-corrected chi connectivity index (χ4v) is 3.32. The number of benzene rings is 2. The van der Waals surface area contributed by atoms with Crippen molar-refractivity contribution in [3.63, 3.8) is 0 Å². The number of carbonyl (C=O) groups is 1. The highest BCUT2D eigenvalue weighted by Crippen LogP contribution is 2.27. The Kier molecular flexibility index (Phi) is 4.41. The minimum absolute atomic E-state index is 0.268. The van der Waals surface area contributed by atoms with Gasteiger partial charge in [0.15, 0.2) is 10.9 Å². The molecular formula is C20H16N2O3S. The number of hydrogen-bond acceptors (Lipinski definition) is 5. The molecular weight excluding hydrogens is 348 g/mol. The lowest BCUT2D eigenvalue weighted by molar-refractivity contribution is 0.0998. The van der Waals surface area contributed by atoms with Crippen LogP contribution >= 0.6 is 11.3 Å². The van der Waals surface area contributed by atoms with Crippen molar-refractivity contribution >= 4 is 33.3 Å². The van der Waals surface area contributed by atoms with E-state index in [2.05, 4.69) is 10.3 Å². The van der Waals surface area contributed by atoms with Crippen LogP contribution < -0.4 is 10.1 Å². The van der Waals surface area contributed by atoms with Crippen molar-refractivity contribution < 1.29 is 13.9 Å². The number of anilines is 1. The Hall–Kier alpha value is -3.12. The van der Waals surface area contributed by atoms with Crippen LogP contribution in [0.4, 0.5) is 5.13 Å². The molecule has 2 aromatic heterocycles. The molecule has 1 N–H and O–H groups in total. The van der Waals surface area contributed by atoms with Crippen molar-refractivity contribution in [1.82, 2.24) is 4.98 Å². The molecule has 5 nitrogen and oxygen atoms in total. The van der Waals surface area contributed by atoms with E-state index in [1.807, 2.05) is 60.8 Å². The van der Waals surface area contributed by atoms with Crippen molar-refractivity contribution in [3.8, 4) is 17.0 Å². The molecule has 1 amide bonds. The van der Waals surface area contributed by atoms with E-state index in [9.17, 15) is 4.79 Å². The predicted molar refractivity (Wildman–Crippen MR) is 103 cm³/mol. The number of carbonyl (C=O) groups excluding carboxylic acids is 1. The van der Waals surface area contributed by atoms with Gasteiger partial charge in [0.2, 0.25) is 0 Å². The number of rotatable bonds is 5. The van der Waals surface area contributed by atoms with Crippen molar-refractivity contribution in [1.29, 1.82) is 0 Å². The van der Waals surface area contributed by atoms with Crippen molar-refractivity contribution in [2.75, 3.05) is 11.9 Å². The summed E-state index contributed by atoms with van der Waals surface area (Å²) in [6, 6.07) is 17.0. The third kappa shape index (κ3) is 3.32. The number of amides is 1. The van der Waals surface area contributed by atoms with Gasteiger partial charge in [-0.25, -0.2) is 4.98 Å². The van der Waals surface area contributed by atoms with Gasteiger partial charge in [-0.15, -0.1) is 11.3 Å². The average molecular weight is 364 g/mol. The third-order valence-electron chi connectivity index (χ3n) is 3.84. The fourth-order valence-electron chi connectivity index (χ4n) is 2.60. The molecule has 0 saturated heterocycles. The number of hydrogen-bond donors (Lipinski definition) is 1. The normalized spacial score (nSPS) is 10.8. The molecule has 26 heavy (non-hydrogen) atoms. The highest BCUT2D eigenvalue weighted by atomic mass is 32.1. The van der Waals surface area contributed by atoms with Crippen LogP contribution in [0.1, 0.15) is 17.5 Å². The van der Waals surface area contributed by atoms with Gasteiger partial charge in [-0.05, 0) is 43.3 Å². The van der Waals surface area contributed by atoms with Gasteiger partial charge in [-0.3, -0.25) is 10.1 Å². The smallest absolute Gasteiger partial charge is 0.293 e. The fraction of sp³-hybridized carbons (Fsp3) is 0.100. The molecule has 6 heteroatoms. The summed E-state index contributed by atoms with van der Waals surface area (Å²) in [5.41, 5.74) is 2.46. The maximum Gasteiger partial charge on any atom is 0.293 e. The monoisotopic (exact) mass is 364 g/mol. The van der Waals surface area contributed by atoms with Crippen LogP contribution in [0.3, 0.4) is 0 Å². The lowest BCUT2D eigenvalue weighted by Crippen LogP contribution is -2.10. The summed E-state index contributed by atoms with van der Waals surface area (Å²) < 4.78 is 11.0. The molecule has 0 bridgehead atoms. The Balaban J connectivity index is 1.49. The molecule has 130 valence electrons. The number of furan rings is 1. The quantitative estimate of drug-likeness (QED) is 0.528. The zero-order chi connectivity index (χ0) is 17.9. The van der Waals surface area contributed by atoms with Gasteiger partial charge in [-0.1, -0.05) is 18.2 Å². The van der Waals surface area contributed by atoms with Gasteiger partial charge in [-0.2, -0.15) is 0 Å². The van der Waals surface area contributed by atoms with Crippen LogP contribution in [0.2, 0.25) is 0 Å². The van der Waals surface area contributed by atoms with E-state index >= 15 is 0 Å². The zero-order valence-electron chi connectivity index (χ0n) is 14.1. The first-order valence-electron chi connectivity index (χ1n) is 8.21. The standard InChI is InChI=1S/C20H16N2O3S/c1-2-24-15-9-7-13(8-10-15)16-12-26-20(21-16)22-19(23)18-11-14-5-3-4-6-17(14)25-18/h3-12H,2H2,1H3,(H,21,22,23). The first-order chi connectivity index (χ1) is 12.7. The van der Waals surface area contributed by atoms with Crippen LogP contribution in [0.15, 0.2) is 64.4 Å². The second kappa shape index (κ2) is 7.01. The van der Waals surface area contributed by atoms with E-state index in [4.69, 9.17) is 9.15 Å². The van der Waals surface area contributed by atoms with Crippen LogP contribution in [-0.2, 0) is 0 Å². The second-order valence-electron chi connectivity index (χ2n) is 5.60. The Morgan fingerprint density at radius 3 is 2.77 bits per heavy atom. The van der Waals surface area contributed by atoms with Gasteiger partial charge in [0.05, 0.1) is 12.3 Å². The lowest BCUT2D eigenvalue weighted by atomic mass is 10.2. The summed E-state index contributed by atoms with van der Waals surface area (Å²) >= 11 is 1.37. The van der Waals surface area contributed by atoms with Gasteiger partial charge in [0, 0.05) is 16.3 Å². The van der Waals surface area contributed by atoms with Gasteiger partial charge in [0.1, 0.15) is 11.3 Å². The Bertz CT molecular complexity index is 1020. The van der Waals surface area contributed by atoms with Crippen LogP contribution in [0.25, 0.3) is 22.2 Å². The van der Waals surface area contributed by atoms with Gasteiger partial charge >= 0.3 is 0 Å². The largest absolute Gasteiger partial charge is 0.494 e. The highest BCUT2D eigenvalue weighted by Gasteiger charge is 2.14. The van der Waals surface area contributed by atoms with Crippen LogP contribution in [-0.4, -0.2) is 17.5 Å². The van der Waals surface area contributed by atoms with Crippen LogP contribution in [0.5, 0.6) is 5.75 Å². The van der Waals surface area contributed by atoms with Crippen molar-refractivity contribution in [2.24, 2.45) is 0 Å². The van der Waals surface area contributed by atoms with Crippen LogP contribution in [0, 0.1) is 0 Å². The topological polar surface area (TPSA) is 64.4 Å². The maximum absolute atomic E-state index is 12.4. The molecule has 0 unspecified atom stereocenters. The first kappa shape index (κ1) is 16.4. The lowest BCUT2D eigenvalue weighted by Gasteiger charge is -2.03. The summed E-state index contributed by atoms with van der Waals surface area (Å²) in [6.45, 7) is 2.58.